The van der Waals surface area contributed by atoms with E-state index in [1.807, 2.05) is 0 Å². The van der Waals surface area contributed by atoms with E-state index in [1.54, 1.807) is 25.1 Å². The Morgan fingerprint density at radius 2 is 1.95 bits per heavy atom. The van der Waals surface area contributed by atoms with Gasteiger partial charge in [-0.1, -0.05) is 29.0 Å². The first-order valence-corrected chi connectivity index (χ1v) is 18.5. The van der Waals surface area contributed by atoms with E-state index < -0.39 is 68.1 Å². The van der Waals surface area contributed by atoms with Crippen LogP contribution in [-0.2, 0) is 42.2 Å². The van der Waals surface area contributed by atoms with Crippen LogP contribution in [-0.4, -0.2) is 99.0 Å². The number of imidazole rings is 1. The summed E-state index contributed by atoms with van der Waals surface area (Å²) in [5.74, 6) is -0.769. The highest BCUT2D eigenvalue weighted by Crippen LogP contribution is 2.35. The molecule has 0 saturated carbocycles. The first-order valence-electron chi connectivity index (χ1n) is 15.8. The Bertz CT molecular complexity index is 2470. The molecule has 0 unspecified atom stereocenters. The van der Waals surface area contributed by atoms with Crippen LogP contribution in [0.1, 0.15) is 12.5 Å². The highest BCUT2D eigenvalue weighted by molar-refractivity contribution is 7.91. The molecule has 55 heavy (non-hydrogen) atoms. The standard InChI is InChI=1S/C30H27ClN10O12S2/c1-2-50-23(43)12-39(8-7-33-55(48,49)30-38-37-27(54-30)18-5-4-17(31)10-19(18)41(46)47)22(42)11-40-14-32-24-25(40)34-28(35-26(24)44)36-29(45)51-13-16-3-6-20-21(9-16)53-15-52-20/h3-6,9-10,14,33H,2,7-8,11-13,15H2,1H3,(H2,34,35,36,44,45). The number of H-pyrrole nitrogens is 1. The number of fused-ring (bicyclic) bond motifs is 2. The fourth-order valence-corrected chi connectivity index (χ4v) is 7.24. The van der Waals surface area contributed by atoms with E-state index in [9.17, 15) is 37.7 Å². The third kappa shape index (κ3) is 9.11. The number of nitrogens with zero attached hydrogens (tertiary/aromatic N) is 7. The summed E-state index contributed by atoms with van der Waals surface area (Å²) in [6.07, 6.45) is 0.192. The smallest absolute Gasteiger partial charge is 0.414 e. The molecule has 2 amide bonds. The molecule has 4 heterocycles. The molecule has 3 N–H and O–H groups in total. The van der Waals surface area contributed by atoms with Crippen LogP contribution in [0.3, 0.4) is 0 Å². The predicted octanol–water partition coefficient (Wildman–Crippen LogP) is 2.05. The molecule has 0 radical (unpaired) electrons. The summed E-state index contributed by atoms with van der Waals surface area (Å²) in [5, 5.41) is 21.3. The van der Waals surface area contributed by atoms with Gasteiger partial charge in [0.25, 0.3) is 21.3 Å². The molecule has 0 saturated heterocycles. The van der Waals surface area contributed by atoms with Gasteiger partial charge in [-0.3, -0.25) is 34.8 Å². The van der Waals surface area contributed by atoms with Crippen molar-refractivity contribution < 1.29 is 46.7 Å². The van der Waals surface area contributed by atoms with E-state index in [0.29, 0.717) is 28.4 Å². The van der Waals surface area contributed by atoms with Crippen molar-refractivity contribution in [2.24, 2.45) is 0 Å². The Morgan fingerprint density at radius 1 is 1.15 bits per heavy atom. The van der Waals surface area contributed by atoms with E-state index in [1.165, 1.54) is 16.7 Å². The zero-order chi connectivity index (χ0) is 39.3. The van der Waals surface area contributed by atoms with E-state index in [0.717, 1.165) is 17.3 Å². The van der Waals surface area contributed by atoms with Gasteiger partial charge in [-0.25, -0.2) is 22.9 Å². The van der Waals surface area contributed by atoms with Gasteiger partial charge >= 0.3 is 12.1 Å². The Labute approximate surface area is 317 Å². The second kappa shape index (κ2) is 16.4. The number of aromatic amines is 1. The van der Waals surface area contributed by atoms with Gasteiger partial charge in [0.15, 0.2) is 27.7 Å². The Kier molecular flexibility index (Phi) is 11.5. The molecule has 25 heteroatoms. The third-order valence-corrected chi connectivity index (χ3v) is 10.5. The first kappa shape index (κ1) is 38.5. The minimum absolute atomic E-state index is 0.00325. The van der Waals surface area contributed by atoms with E-state index in [2.05, 4.69) is 35.2 Å². The molecule has 0 bridgehead atoms. The summed E-state index contributed by atoms with van der Waals surface area (Å²) in [4.78, 5) is 73.6. The molecule has 288 valence electrons. The number of carbonyl (C=O) groups is 3. The van der Waals surface area contributed by atoms with Crippen molar-refractivity contribution in [2.75, 3.05) is 38.4 Å². The average molecular weight is 819 g/mol. The second-order valence-electron chi connectivity index (χ2n) is 11.2. The van der Waals surface area contributed by atoms with Gasteiger partial charge < -0.3 is 28.4 Å². The fourth-order valence-electron chi connectivity index (χ4n) is 4.98. The van der Waals surface area contributed by atoms with Crippen LogP contribution in [0.4, 0.5) is 16.4 Å². The van der Waals surface area contributed by atoms with E-state index in [-0.39, 0.29) is 59.3 Å². The summed E-state index contributed by atoms with van der Waals surface area (Å²) in [6, 6.07) is 8.78. The molecular weight excluding hydrogens is 792 g/mol. The molecule has 6 rings (SSSR count). The van der Waals surface area contributed by atoms with Crippen LogP contribution in [0, 0.1) is 10.1 Å². The summed E-state index contributed by atoms with van der Waals surface area (Å²) in [5.41, 5.74) is -0.813. The van der Waals surface area contributed by atoms with E-state index in [4.69, 9.17) is 30.5 Å². The molecule has 0 spiro atoms. The molecule has 0 aliphatic carbocycles. The first-order chi connectivity index (χ1) is 26.3. The van der Waals surface area contributed by atoms with Gasteiger partial charge in [-0.05, 0) is 36.8 Å². The van der Waals surface area contributed by atoms with Crippen LogP contribution < -0.4 is 25.1 Å². The number of benzene rings is 2. The number of aromatic nitrogens is 6. The lowest BCUT2D eigenvalue weighted by atomic mass is 10.2. The van der Waals surface area contributed by atoms with Crippen molar-refractivity contribution in [1.82, 2.24) is 39.3 Å². The quantitative estimate of drug-likeness (QED) is 0.0774. The minimum atomic E-state index is -4.34. The molecule has 5 aromatic rings. The number of halogens is 1. The van der Waals surface area contributed by atoms with Crippen molar-refractivity contribution in [2.45, 2.75) is 24.4 Å². The van der Waals surface area contributed by atoms with E-state index >= 15 is 0 Å². The molecular formula is C30H27ClN10O12S2. The predicted molar refractivity (Wildman–Crippen MR) is 190 cm³/mol. The lowest BCUT2D eigenvalue weighted by molar-refractivity contribution is -0.384. The maximum Gasteiger partial charge on any atom is 0.414 e. The molecule has 0 atom stereocenters. The van der Waals surface area contributed by atoms with Gasteiger partial charge in [-0.2, -0.15) is 4.98 Å². The topological polar surface area (TPSA) is 282 Å². The van der Waals surface area contributed by atoms with Crippen molar-refractivity contribution in [3.63, 3.8) is 0 Å². The molecule has 0 fully saturated rings. The number of anilines is 1. The van der Waals surface area contributed by atoms with Gasteiger partial charge in [0.05, 0.1) is 23.4 Å². The summed E-state index contributed by atoms with van der Waals surface area (Å²) in [6.45, 7) is -0.342. The third-order valence-electron chi connectivity index (χ3n) is 7.48. The summed E-state index contributed by atoms with van der Waals surface area (Å²) >= 11 is 6.43. The van der Waals surface area contributed by atoms with Gasteiger partial charge in [0.2, 0.25) is 23.0 Å². The minimum Gasteiger partial charge on any atom is -0.465 e. The van der Waals surface area contributed by atoms with Crippen molar-refractivity contribution in [3.05, 3.63) is 73.8 Å². The highest BCUT2D eigenvalue weighted by atomic mass is 35.5. The number of rotatable bonds is 15. The number of amides is 2. The normalized spacial score (nSPS) is 12.0. The number of hydrogen-bond acceptors (Lipinski definition) is 17. The lowest BCUT2D eigenvalue weighted by Crippen LogP contribution is -2.43. The van der Waals surface area contributed by atoms with Crippen molar-refractivity contribution in [3.8, 4) is 22.1 Å². The lowest BCUT2D eigenvalue weighted by Gasteiger charge is -2.22. The van der Waals surface area contributed by atoms with Crippen LogP contribution in [0.25, 0.3) is 21.7 Å². The maximum absolute atomic E-state index is 13.5. The average Bonchev–Trinajstić information content (AvgIpc) is 3.91. The molecule has 22 nitrogen and oxygen atoms in total. The number of esters is 1. The zero-order valence-electron chi connectivity index (χ0n) is 28.2. The largest absolute Gasteiger partial charge is 0.465 e. The number of hydrogen-bond donors (Lipinski definition) is 3. The second-order valence-corrected chi connectivity index (χ2v) is 14.5. The Hall–Kier alpha value is -6.24. The number of nitro groups is 1. The zero-order valence-corrected chi connectivity index (χ0v) is 30.6. The monoisotopic (exact) mass is 818 g/mol. The van der Waals surface area contributed by atoms with Crippen LogP contribution in [0.2, 0.25) is 5.02 Å². The van der Waals surface area contributed by atoms with Gasteiger partial charge in [0.1, 0.15) is 19.7 Å². The fraction of sp³-hybridized carbons (Fsp3) is 0.267. The van der Waals surface area contributed by atoms with Crippen molar-refractivity contribution in [1.29, 1.82) is 0 Å². The SMILES string of the molecule is CCOC(=O)CN(CCNS(=O)(=O)c1nnc(-c2ccc(Cl)cc2[N+](=O)[O-])s1)C(=O)Cn1cnc2c(=O)[nH]c(NC(=O)OCc3ccc4c(c3)OCO4)nc21. The van der Waals surface area contributed by atoms with Crippen LogP contribution >= 0.6 is 22.9 Å². The number of carbonyl (C=O) groups excluding carboxylic acids is 3. The summed E-state index contributed by atoms with van der Waals surface area (Å²) < 4.78 is 49.8. The molecule has 1 aliphatic heterocycles. The Balaban J connectivity index is 1.11. The number of nitrogens with one attached hydrogen (secondary N) is 3. The summed E-state index contributed by atoms with van der Waals surface area (Å²) in [7, 11) is -4.34. The van der Waals surface area contributed by atoms with Crippen molar-refractivity contribution >= 4 is 73.7 Å². The molecule has 3 aromatic heterocycles. The molecule has 1 aliphatic rings. The number of sulfonamides is 1. The van der Waals surface area contributed by atoms with Gasteiger partial charge in [-0.15, -0.1) is 10.2 Å². The number of nitro benzene ring substituents is 1. The van der Waals surface area contributed by atoms with Crippen LogP contribution in [0.5, 0.6) is 11.5 Å². The van der Waals surface area contributed by atoms with Gasteiger partial charge in [0, 0.05) is 24.2 Å². The van der Waals surface area contributed by atoms with Crippen LogP contribution in [0.15, 0.2) is 51.9 Å². The Morgan fingerprint density at radius 3 is 2.73 bits per heavy atom. The maximum atomic E-state index is 13.5. The highest BCUT2D eigenvalue weighted by Gasteiger charge is 2.26. The number of ether oxygens (including phenoxy) is 4. The molecule has 2 aromatic carbocycles.